The number of amides is 1. The summed E-state index contributed by atoms with van der Waals surface area (Å²) in [6.45, 7) is 1.62. The second kappa shape index (κ2) is 7.90. The molecule has 5 nitrogen and oxygen atoms in total. The van der Waals surface area contributed by atoms with Gasteiger partial charge < -0.3 is 5.32 Å². The standard InChI is InChI=1S/C20H17F3N4OS/c1-11(19(28)24-15-10-9-14(21)16(22)17(15)23)29-20-26-25-18(12-7-8-12)27(20)13-5-3-2-4-6-13/h2-6,9-12H,7-8H2,1H3,(H,24,28). The minimum Gasteiger partial charge on any atom is -0.323 e. The molecule has 0 radical (unpaired) electrons. The zero-order chi connectivity index (χ0) is 20.5. The van der Waals surface area contributed by atoms with Crippen LogP contribution in [0.1, 0.15) is 31.5 Å². The molecule has 0 spiro atoms. The van der Waals surface area contributed by atoms with Crippen LogP contribution >= 0.6 is 11.8 Å². The highest BCUT2D eigenvalue weighted by molar-refractivity contribution is 8.00. The second-order valence-corrected chi connectivity index (χ2v) is 8.07. The molecule has 4 rings (SSSR count). The van der Waals surface area contributed by atoms with E-state index < -0.39 is 34.3 Å². The number of rotatable bonds is 6. The topological polar surface area (TPSA) is 59.8 Å². The van der Waals surface area contributed by atoms with Crippen LogP contribution in [0.25, 0.3) is 5.69 Å². The molecule has 1 unspecified atom stereocenters. The van der Waals surface area contributed by atoms with E-state index in [1.54, 1.807) is 6.92 Å². The number of nitrogens with one attached hydrogen (secondary N) is 1. The van der Waals surface area contributed by atoms with Crippen molar-refractivity contribution in [2.24, 2.45) is 0 Å². The quantitative estimate of drug-likeness (QED) is 0.466. The van der Waals surface area contributed by atoms with Crippen LogP contribution in [0.5, 0.6) is 0 Å². The van der Waals surface area contributed by atoms with Crippen molar-refractivity contribution in [3.8, 4) is 5.69 Å². The molecule has 1 amide bonds. The van der Waals surface area contributed by atoms with E-state index in [-0.39, 0.29) is 0 Å². The van der Waals surface area contributed by atoms with Crippen molar-refractivity contribution in [2.45, 2.75) is 36.1 Å². The minimum absolute atomic E-state index is 0.345. The van der Waals surface area contributed by atoms with E-state index >= 15 is 0 Å². The molecule has 1 N–H and O–H groups in total. The van der Waals surface area contributed by atoms with Gasteiger partial charge in [-0.15, -0.1) is 10.2 Å². The summed E-state index contributed by atoms with van der Waals surface area (Å²) in [5.74, 6) is -3.74. The number of hydrogen-bond acceptors (Lipinski definition) is 4. The summed E-state index contributed by atoms with van der Waals surface area (Å²) in [6, 6.07) is 11.3. The SMILES string of the molecule is CC(Sc1nnc(C2CC2)n1-c1ccccc1)C(=O)Nc1ccc(F)c(F)c1F. The largest absolute Gasteiger partial charge is 0.323 e. The first-order chi connectivity index (χ1) is 14.0. The molecule has 1 fully saturated rings. The Balaban J connectivity index is 1.55. The molecule has 2 aromatic carbocycles. The fraction of sp³-hybridized carbons (Fsp3) is 0.250. The second-order valence-electron chi connectivity index (χ2n) is 6.76. The Labute approximate surface area is 169 Å². The molecule has 1 aliphatic carbocycles. The maximum absolute atomic E-state index is 13.8. The number of carbonyl (C=O) groups excluding carboxylic acids is 1. The zero-order valence-corrected chi connectivity index (χ0v) is 16.2. The molecular weight excluding hydrogens is 401 g/mol. The van der Waals surface area contributed by atoms with Gasteiger partial charge in [0.25, 0.3) is 0 Å². The maximum atomic E-state index is 13.8. The molecule has 9 heteroatoms. The molecule has 1 aromatic heterocycles. The molecule has 150 valence electrons. The first-order valence-electron chi connectivity index (χ1n) is 9.07. The third-order valence-corrected chi connectivity index (χ3v) is 5.60. The van der Waals surface area contributed by atoms with E-state index in [2.05, 4.69) is 15.5 Å². The molecule has 29 heavy (non-hydrogen) atoms. The van der Waals surface area contributed by atoms with Gasteiger partial charge in [0.1, 0.15) is 5.82 Å². The third-order valence-electron chi connectivity index (χ3n) is 4.56. The van der Waals surface area contributed by atoms with E-state index in [1.807, 2.05) is 34.9 Å². The van der Waals surface area contributed by atoms with Crippen molar-refractivity contribution in [1.29, 1.82) is 0 Å². The van der Waals surface area contributed by atoms with Gasteiger partial charge in [-0.05, 0) is 44.0 Å². The lowest BCUT2D eigenvalue weighted by molar-refractivity contribution is -0.115. The van der Waals surface area contributed by atoms with Gasteiger partial charge in [0.15, 0.2) is 22.6 Å². The van der Waals surface area contributed by atoms with Gasteiger partial charge >= 0.3 is 0 Å². The zero-order valence-electron chi connectivity index (χ0n) is 15.4. The summed E-state index contributed by atoms with van der Waals surface area (Å²) in [5, 5.41) is 10.7. The number of benzene rings is 2. The highest BCUT2D eigenvalue weighted by Crippen LogP contribution is 2.41. The normalized spacial score (nSPS) is 14.6. The van der Waals surface area contributed by atoms with Crippen molar-refractivity contribution in [3.05, 3.63) is 65.7 Å². The molecule has 1 aliphatic rings. The molecule has 3 aromatic rings. The predicted molar refractivity (Wildman–Crippen MR) is 104 cm³/mol. The Morgan fingerprint density at radius 3 is 2.52 bits per heavy atom. The van der Waals surface area contributed by atoms with Crippen LogP contribution in [0.2, 0.25) is 0 Å². The molecular formula is C20H17F3N4OS. The molecule has 0 saturated heterocycles. The number of aromatic nitrogens is 3. The van der Waals surface area contributed by atoms with E-state index in [0.717, 1.165) is 48.2 Å². The fourth-order valence-corrected chi connectivity index (χ4v) is 3.73. The van der Waals surface area contributed by atoms with Crippen molar-refractivity contribution in [1.82, 2.24) is 14.8 Å². The number of carbonyl (C=O) groups is 1. The Morgan fingerprint density at radius 2 is 1.83 bits per heavy atom. The summed E-state index contributed by atoms with van der Waals surface area (Å²) in [7, 11) is 0. The summed E-state index contributed by atoms with van der Waals surface area (Å²) in [4.78, 5) is 12.5. The first kappa shape index (κ1) is 19.5. The Kier molecular flexibility index (Phi) is 5.31. The highest BCUT2D eigenvalue weighted by atomic mass is 32.2. The van der Waals surface area contributed by atoms with E-state index in [9.17, 15) is 18.0 Å². The minimum atomic E-state index is -1.62. The Morgan fingerprint density at radius 1 is 1.10 bits per heavy atom. The van der Waals surface area contributed by atoms with Crippen molar-refractivity contribution < 1.29 is 18.0 Å². The van der Waals surface area contributed by atoms with Crippen molar-refractivity contribution in [2.75, 3.05) is 5.32 Å². The van der Waals surface area contributed by atoms with E-state index in [1.165, 1.54) is 0 Å². The number of para-hydroxylation sites is 1. The van der Waals surface area contributed by atoms with Crippen LogP contribution in [0.3, 0.4) is 0 Å². The number of halogens is 3. The molecule has 0 aliphatic heterocycles. The van der Waals surface area contributed by atoms with Crippen molar-refractivity contribution in [3.63, 3.8) is 0 Å². The number of anilines is 1. The van der Waals surface area contributed by atoms with E-state index in [4.69, 9.17) is 0 Å². The van der Waals surface area contributed by atoms with Crippen LogP contribution < -0.4 is 5.32 Å². The molecule has 1 saturated carbocycles. The Hall–Kier alpha value is -2.81. The smallest absolute Gasteiger partial charge is 0.237 e. The van der Waals surface area contributed by atoms with Crippen LogP contribution in [-0.4, -0.2) is 25.9 Å². The lowest BCUT2D eigenvalue weighted by atomic mass is 10.2. The van der Waals surface area contributed by atoms with Gasteiger partial charge in [-0.3, -0.25) is 9.36 Å². The molecule has 0 bridgehead atoms. The van der Waals surface area contributed by atoms with Gasteiger partial charge in [-0.2, -0.15) is 0 Å². The van der Waals surface area contributed by atoms with Gasteiger partial charge in [0, 0.05) is 11.6 Å². The van der Waals surface area contributed by atoms with Gasteiger partial charge in [0.2, 0.25) is 5.91 Å². The van der Waals surface area contributed by atoms with Crippen LogP contribution in [0.15, 0.2) is 47.6 Å². The summed E-state index contributed by atoms with van der Waals surface area (Å²) in [5.41, 5.74) is 0.478. The average molecular weight is 418 g/mol. The van der Waals surface area contributed by atoms with Crippen molar-refractivity contribution >= 4 is 23.4 Å². The first-order valence-corrected chi connectivity index (χ1v) is 9.95. The number of thioether (sulfide) groups is 1. The summed E-state index contributed by atoms with van der Waals surface area (Å²) >= 11 is 1.16. The van der Waals surface area contributed by atoms with Gasteiger partial charge in [0.05, 0.1) is 10.9 Å². The lowest BCUT2D eigenvalue weighted by Crippen LogP contribution is -2.23. The van der Waals surface area contributed by atoms with Gasteiger partial charge in [-0.25, -0.2) is 13.2 Å². The number of hydrogen-bond donors (Lipinski definition) is 1. The lowest BCUT2D eigenvalue weighted by Gasteiger charge is -2.14. The molecule has 1 atom stereocenters. The van der Waals surface area contributed by atoms with E-state index in [0.29, 0.717) is 11.1 Å². The Bertz CT molecular complexity index is 1050. The average Bonchev–Trinajstić information content (AvgIpc) is 3.49. The highest BCUT2D eigenvalue weighted by Gasteiger charge is 2.32. The maximum Gasteiger partial charge on any atom is 0.237 e. The summed E-state index contributed by atoms with van der Waals surface area (Å²) < 4.78 is 42.2. The fourth-order valence-electron chi connectivity index (χ4n) is 2.85. The van der Waals surface area contributed by atoms with Crippen LogP contribution in [0.4, 0.5) is 18.9 Å². The monoisotopic (exact) mass is 418 g/mol. The van der Waals surface area contributed by atoms with Crippen LogP contribution in [0, 0.1) is 17.5 Å². The number of nitrogens with zero attached hydrogens (tertiary/aromatic N) is 3. The van der Waals surface area contributed by atoms with Gasteiger partial charge in [-0.1, -0.05) is 30.0 Å². The van der Waals surface area contributed by atoms with Crippen LogP contribution in [-0.2, 0) is 4.79 Å². The molecule has 1 heterocycles. The summed E-state index contributed by atoms with van der Waals surface area (Å²) in [6.07, 6.45) is 2.09. The predicted octanol–water partition coefficient (Wildman–Crippen LogP) is 4.68. The third kappa shape index (κ3) is 4.00.